The highest BCUT2D eigenvalue weighted by atomic mass is 32.1. The first kappa shape index (κ1) is 39.2. The molecule has 0 bridgehead atoms. The quantitative estimate of drug-likeness (QED) is 0.200. The lowest BCUT2D eigenvalue weighted by Gasteiger charge is -2.36. The van der Waals surface area contributed by atoms with Gasteiger partial charge in [0.05, 0.1) is 17.4 Å². The Labute approximate surface area is 300 Å². The first-order valence-corrected chi connectivity index (χ1v) is 18.7. The van der Waals surface area contributed by atoms with Crippen molar-refractivity contribution in [1.29, 1.82) is 0 Å². The fourth-order valence-corrected chi connectivity index (χ4v) is 7.94. The summed E-state index contributed by atoms with van der Waals surface area (Å²) in [6.45, 7) is 9.83. The van der Waals surface area contributed by atoms with Crippen LogP contribution >= 0.6 is 11.3 Å². The van der Waals surface area contributed by atoms with Crippen molar-refractivity contribution in [3.8, 4) is 0 Å². The van der Waals surface area contributed by atoms with Crippen LogP contribution in [-0.2, 0) is 30.3 Å². The number of aromatic nitrogens is 1. The van der Waals surface area contributed by atoms with E-state index < -0.39 is 41.3 Å². The summed E-state index contributed by atoms with van der Waals surface area (Å²) in [4.78, 5) is 73.2. The number of piperidine rings is 1. The number of likely N-dealkylation sites (N-methyl/N-ethyl adjacent to an activating group) is 1. The Kier molecular flexibility index (Phi) is 13.3. The molecule has 5 atom stereocenters. The van der Waals surface area contributed by atoms with Crippen molar-refractivity contribution in [2.45, 2.75) is 117 Å². The Balaban J connectivity index is 1.48. The first-order valence-electron chi connectivity index (χ1n) is 17.8. The molecular weight excluding hydrogens is 657 g/mol. The van der Waals surface area contributed by atoms with Gasteiger partial charge in [-0.2, -0.15) is 0 Å². The molecule has 11 nitrogen and oxygen atoms in total. The average Bonchev–Trinajstić information content (AvgIpc) is 3.66. The minimum Gasteiger partial charge on any atom is -0.481 e. The number of thiazole rings is 1. The number of carbonyl (C=O) groups is 5. The maximum absolute atomic E-state index is 14.0. The van der Waals surface area contributed by atoms with Gasteiger partial charge in [0.15, 0.2) is 11.9 Å². The van der Waals surface area contributed by atoms with Crippen LogP contribution in [-0.4, -0.2) is 88.2 Å². The Morgan fingerprint density at radius 1 is 1.10 bits per heavy atom. The molecule has 0 spiro atoms. The van der Waals surface area contributed by atoms with Gasteiger partial charge >= 0.3 is 11.9 Å². The van der Waals surface area contributed by atoms with Crippen LogP contribution in [0.3, 0.4) is 0 Å². The van der Waals surface area contributed by atoms with Crippen molar-refractivity contribution in [1.82, 2.24) is 20.1 Å². The predicted molar refractivity (Wildman–Crippen MR) is 192 cm³/mol. The average molecular weight is 711 g/mol. The second kappa shape index (κ2) is 17.0. The lowest BCUT2D eigenvalue weighted by atomic mass is 9.88. The molecule has 2 aromatic rings. The molecule has 274 valence electrons. The standard InChI is InChI=1S/C38H54N4O7S/c1-23(2)31(42(7)37(48)38(15-16-38)21-32(44)30-10-8-9-17-41(30)6)20-33(49-26(5)43)35-40-29(22-50-35)34(45)39-28(18-25(4)36(46)47)19-27-13-11-24(3)12-14-27/h11-14,22-23,25,28,30-31,33H,8-10,15-21H2,1-7H3,(H,39,45)(H,46,47)/t25-,28+,30+,31+,33+/m0/s1. The Morgan fingerprint density at radius 3 is 2.36 bits per heavy atom. The molecule has 1 saturated heterocycles. The second-order valence-electron chi connectivity index (χ2n) is 14.9. The number of aryl methyl sites for hydroxylation is 1. The number of hydrogen-bond acceptors (Lipinski definition) is 9. The van der Waals surface area contributed by atoms with Crippen LogP contribution in [0.25, 0.3) is 0 Å². The molecule has 2 N–H and O–H groups in total. The molecular formula is C38H54N4O7S. The van der Waals surface area contributed by atoms with Crippen LogP contribution in [0.5, 0.6) is 0 Å². The molecule has 2 aliphatic rings. The summed E-state index contributed by atoms with van der Waals surface area (Å²) in [5.74, 6) is -2.47. The maximum atomic E-state index is 14.0. The van der Waals surface area contributed by atoms with Gasteiger partial charge in [-0.25, -0.2) is 4.98 Å². The number of ether oxygens (including phenoxy) is 1. The zero-order chi connectivity index (χ0) is 36.7. The molecule has 50 heavy (non-hydrogen) atoms. The fraction of sp³-hybridized carbons (Fsp3) is 0.632. The summed E-state index contributed by atoms with van der Waals surface area (Å²) in [7, 11) is 3.75. The van der Waals surface area contributed by atoms with E-state index in [0.717, 1.165) is 36.9 Å². The molecule has 2 heterocycles. The number of carbonyl (C=O) groups excluding carboxylic acids is 4. The number of aliphatic carboxylic acids is 1. The van der Waals surface area contributed by atoms with Gasteiger partial charge in [-0.1, -0.05) is 57.0 Å². The van der Waals surface area contributed by atoms with Crippen molar-refractivity contribution in [2.24, 2.45) is 17.3 Å². The van der Waals surface area contributed by atoms with E-state index in [1.807, 2.05) is 52.1 Å². The molecule has 4 rings (SSSR count). The van der Waals surface area contributed by atoms with Gasteiger partial charge < -0.3 is 20.1 Å². The highest BCUT2D eigenvalue weighted by Crippen LogP contribution is 2.51. The van der Waals surface area contributed by atoms with Gasteiger partial charge in [0.2, 0.25) is 5.91 Å². The number of esters is 1. The van der Waals surface area contributed by atoms with Crippen LogP contribution < -0.4 is 5.32 Å². The second-order valence-corrected chi connectivity index (χ2v) is 15.8. The molecule has 2 amide bonds. The van der Waals surface area contributed by atoms with Crippen molar-refractivity contribution >= 4 is 40.9 Å². The zero-order valence-electron chi connectivity index (χ0n) is 30.6. The Morgan fingerprint density at radius 2 is 1.78 bits per heavy atom. The minimum atomic E-state index is -0.937. The molecule has 0 unspecified atom stereocenters. The third kappa shape index (κ3) is 10.2. The topological polar surface area (TPSA) is 146 Å². The van der Waals surface area contributed by atoms with E-state index in [2.05, 4.69) is 15.2 Å². The van der Waals surface area contributed by atoms with Crippen LogP contribution in [0.4, 0.5) is 0 Å². The molecule has 1 aromatic carbocycles. The van der Waals surface area contributed by atoms with Gasteiger partial charge in [0.1, 0.15) is 10.7 Å². The lowest BCUT2D eigenvalue weighted by Crippen LogP contribution is -2.47. The van der Waals surface area contributed by atoms with Crippen molar-refractivity contribution in [3.05, 3.63) is 51.5 Å². The van der Waals surface area contributed by atoms with Gasteiger partial charge in [-0.15, -0.1) is 11.3 Å². The van der Waals surface area contributed by atoms with E-state index in [4.69, 9.17) is 4.74 Å². The third-order valence-corrected chi connectivity index (χ3v) is 11.3. The molecule has 1 saturated carbocycles. The van der Waals surface area contributed by atoms with Crippen LogP contribution in [0.1, 0.15) is 112 Å². The van der Waals surface area contributed by atoms with Gasteiger partial charge in [0.25, 0.3) is 5.91 Å². The number of carboxylic acids is 1. The van der Waals surface area contributed by atoms with Crippen LogP contribution in [0.2, 0.25) is 0 Å². The lowest BCUT2D eigenvalue weighted by molar-refractivity contribution is -0.149. The molecule has 1 aliphatic heterocycles. The van der Waals surface area contributed by atoms with Gasteiger partial charge in [0, 0.05) is 44.3 Å². The fourth-order valence-electron chi connectivity index (χ4n) is 7.10. The summed E-state index contributed by atoms with van der Waals surface area (Å²) >= 11 is 1.20. The normalized spacial score (nSPS) is 19.6. The van der Waals surface area contributed by atoms with Crippen LogP contribution in [0, 0.1) is 24.2 Å². The van der Waals surface area contributed by atoms with E-state index in [9.17, 15) is 29.1 Å². The van der Waals surface area contributed by atoms with Gasteiger partial charge in [-0.3, -0.25) is 28.9 Å². The summed E-state index contributed by atoms with van der Waals surface area (Å²) in [6.07, 6.45) is 4.70. The van der Waals surface area contributed by atoms with Crippen LogP contribution in [0.15, 0.2) is 29.6 Å². The summed E-state index contributed by atoms with van der Waals surface area (Å²) in [5, 5.41) is 14.6. The van der Waals surface area contributed by atoms with Gasteiger partial charge in [-0.05, 0) is 70.5 Å². The maximum Gasteiger partial charge on any atom is 0.306 e. The zero-order valence-corrected chi connectivity index (χ0v) is 31.4. The van der Waals surface area contributed by atoms with E-state index in [1.54, 1.807) is 24.3 Å². The number of rotatable bonds is 17. The van der Waals surface area contributed by atoms with E-state index >= 15 is 0 Å². The number of carboxylic acid groups (broad SMARTS) is 1. The molecule has 0 radical (unpaired) electrons. The monoisotopic (exact) mass is 710 g/mol. The first-order chi connectivity index (χ1) is 23.6. The number of hydrogen-bond donors (Lipinski definition) is 2. The molecule has 1 aliphatic carbocycles. The number of likely N-dealkylation sites (tertiary alicyclic amines) is 1. The molecule has 1 aromatic heterocycles. The third-order valence-electron chi connectivity index (χ3n) is 10.3. The highest BCUT2D eigenvalue weighted by Gasteiger charge is 2.54. The largest absolute Gasteiger partial charge is 0.481 e. The molecule has 2 fully saturated rings. The number of Topliss-reactive ketones (excluding diaryl/α,β-unsaturated/α-hetero) is 1. The number of benzene rings is 1. The van der Waals surface area contributed by atoms with E-state index in [-0.39, 0.29) is 54.6 Å². The van der Waals surface area contributed by atoms with E-state index in [1.165, 1.54) is 18.3 Å². The summed E-state index contributed by atoms with van der Waals surface area (Å²) in [6, 6.07) is 6.98. The molecule has 12 heteroatoms. The summed E-state index contributed by atoms with van der Waals surface area (Å²) < 4.78 is 5.76. The summed E-state index contributed by atoms with van der Waals surface area (Å²) in [5.41, 5.74) is 1.54. The smallest absolute Gasteiger partial charge is 0.306 e. The van der Waals surface area contributed by atoms with Crippen molar-refractivity contribution < 1.29 is 33.8 Å². The SMILES string of the molecule is CC(=O)O[C@H](C[C@H](C(C)C)N(C)C(=O)C1(CC(=O)[C@H]2CCCCN2C)CC1)c1nc(C(=O)N[C@@H](Cc2ccc(C)cc2)C[C@H](C)C(=O)O)cs1. The number of ketones is 1. The number of amides is 2. The Hall–Kier alpha value is -3.64. The predicted octanol–water partition coefficient (Wildman–Crippen LogP) is 5.60. The highest BCUT2D eigenvalue weighted by molar-refractivity contribution is 7.09. The van der Waals surface area contributed by atoms with Crippen molar-refractivity contribution in [2.75, 3.05) is 20.6 Å². The Bertz CT molecular complexity index is 1520. The number of nitrogens with one attached hydrogen (secondary N) is 1. The van der Waals surface area contributed by atoms with E-state index in [0.29, 0.717) is 24.3 Å². The number of nitrogens with zero attached hydrogens (tertiary/aromatic N) is 3. The van der Waals surface area contributed by atoms with Crippen molar-refractivity contribution in [3.63, 3.8) is 0 Å². The minimum absolute atomic E-state index is 0.000485.